The van der Waals surface area contributed by atoms with Gasteiger partial charge >= 0.3 is 5.97 Å². The monoisotopic (exact) mass is 406 g/mol. The van der Waals surface area contributed by atoms with Crippen LogP contribution in [-0.2, 0) is 4.74 Å². The van der Waals surface area contributed by atoms with Crippen molar-refractivity contribution in [3.05, 3.63) is 69.3 Å². The molecule has 0 radical (unpaired) electrons. The molecule has 4 atom stereocenters. The molecule has 1 aromatic carbocycles. The van der Waals surface area contributed by atoms with Gasteiger partial charge in [0, 0.05) is 18.1 Å². The summed E-state index contributed by atoms with van der Waals surface area (Å²) in [5, 5.41) is 30.2. The Kier molecular flexibility index (Phi) is 8.65. The van der Waals surface area contributed by atoms with Crippen molar-refractivity contribution in [1.82, 2.24) is 0 Å². The lowest BCUT2D eigenvalue weighted by Crippen LogP contribution is -2.09. The van der Waals surface area contributed by atoms with E-state index in [0.717, 1.165) is 31.0 Å². The fourth-order valence-electron chi connectivity index (χ4n) is 2.65. The van der Waals surface area contributed by atoms with E-state index in [1.807, 2.05) is 6.08 Å². The van der Waals surface area contributed by atoms with Crippen molar-refractivity contribution in [3.63, 3.8) is 0 Å². The first-order valence-electron chi connectivity index (χ1n) is 8.81. The fourth-order valence-corrected chi connectivity index (χ4v) is 2.65. The predicted octanol–water partition coefficient (Wildman–Crippen LogP) is 4.20. The highest BCUT2D eigenvalue weighted by Crippen LogP contribution is 2.37. The molecule has 2 fully saturated rings. The Bertz CT molecular complexity index is 761. The second-order valence-electron chi connectivity index (χ2n) is 6.80. The van der Waals surface area contributed by atoms with Crippen molar-refractivity contribution in [2.24, 2.45) is 11.8 Å². The molecule has 29 heavy (non-hydrogen) atoms. The summed E-state index contributed by atoms with van der Waals surface area (Å²) in [6.45, 7) is 7.15. The Hall–Kier alpha value is -3.07. The molecule has 0 heterocycles. The minimum atomic E-state index is -0.793. The van der Waals surface area contributed by atoms with Crippen LogP contribution in [0.25, 0.3) is 0 Å². The molecular formula is C20H26N2O7. The van der Waals surface area contributed by atoms with Gasteiger partial charge in [0.25, 0.3) is 11.4 Å². The van der Waals surface area contributed by atoms with Gasteiger partial charge in [0.15, 0.2) is 0 Å². The molecule has 1 aromatic rings. The molecule has 0 saturated heterocycles. The minimum absolute atomic E-state index is 0. The van der Waals surface area contributed by atoms with Crippen LogP contribution in [0.3, 0.4) is 0 Å². The molecule has 2 aliphatic carbocycles. The predicted molar refractivity (Wildman–Crippen MR) is 108 cm³/mol. The number of aliphatic hydroxyl groups excluding tert-OH is 1. The number of non-ortho nitro benzene ring substituents is 2. The van der Waals surface area contributed by atoms with Gasteiger partial charge in [0.2, 0.25) is 0 Å². The van der Waals surface area contributed by atoms with Crippen molar-refractivity contribution in [2.75, 3.05) is 0 Å². The maximum atomic E-state index is 11.9. The average Bonchev–Trinajstić information content (AvgIpc) is 3.55. The Labute approximate surface area is 169 Å². The summed E-state index contributed by atoms with van der Waals surface area (Å²) in [4.78, 5) is 31.8. The molecule has 0 unspecified atom stereocenters. The molecule has 9 nitrogen and oxygen atoms in total. The number of hydrogen-bond acceptors (Lipinski definition) is 7. The van der Waals surface area contributed by atoms with Crippen LogP contribution in [0.15, 0.2) is 43.5 Å². The van der Waals surface area contributed by atoms with E-state index in [2.05, 4.69) is 13.2 Å². The molecule has 1 N–H and O–H groups in total. The van der Waals surface area contributed by atoms with Gasteiger partial charge < -0.3 is 9.84 Å². The largest absolute Gasteiger partial charge is 0.458 e. The van der Waals surface area contributed by atoms with E-state index in [9.17, 15) is 25.0 Å². The van der Waals surface area contributed by atoms with Crippen molar-refractivity contribution in [3.8, 4) is 0 Å². The number of nitro groups is 2. The van der Waals surface area contributed by atoms with E-state index in [0.29, 0.717) is 18.8 Å². The number of esters is 1. The molecule has 0 aromatic heterocycles. The topological polar surface area (TPSA) is 133 Å². The smallest absolute Gasteiger partial charge is 0.338 e. The van der Waals surface area contributed by atoms with Crippen molar-refractivity contribution in [1.29, 1.82) is 0 Å². The number of carbonyl (C=O) groups is 1. The molecule has 0 spiro atoms. The van der Waals surface area contributed by atoms with Crippen LogP contribution in [0, 0.1) is 32.1 Å². The van der Waals surface area contributed by atoms with Gasteiger partial charge in [-0.15, -0.1) is 13.2 Å². The summed E-state index contributed by atoms with van der Waals surface area (Å²) < 4.78 is 5.15. The number of rotatable bonds is 8. The SMILES string of the molecule is C.C=CC[C@@H]1C[C@H]1O.C=CC[C@@H]1C[C@H]1OC(=O)c1cc([N+](=O)[O-])cc([N+](=O)[O-])c1. The van der Waals surface area contributed by atoms with Crippen LogP contribution >= 0.6 is 0 Å². The zero-order valence-corrected chi connectivity index (χ0v) is 15.2. The standard InChI is InChI=1S/C13H12N2O6.C6H10O.CH4/c1-2-3-8-6-12(8)21-13(16)9-4-10(14(17)18)7-11(5-9)15(19)20;1-2-3-5-4-6(5)7;/h2,4-5,7-8,12H,1,3,6H2;2,5-7H,1,3-4H2;1H4/t8-,12-;5-,6-;/m11./s1. The molecular weight excluding hydrogens is 380 g/mol. The van der Waals surface area contributed by atoms with Gasteiger partial charge in [-0.05, 0) is 31.6 Å². The highest BCUT2D eigenvalue weighted by Gasteiger charge is 2.40. The van der Waals surface area contributed by atoms with Gasteiger partial charge in [-0.3, -0.25) is 20.2 Å². The Morgan fingerprint density at radius 2 is 1.55 bits per heavy atom. The third kappa shape index (κ3) is 7.11. The first-order valence-corrected chi connectivity index (χ1v) is 8.81. The number of allylic oxidation sites excluding steroid dienone is 2. The van der Waals surface area contributed by atoms with Gasteiger partial charge in [-0.1, -0.05) is 19.6 Å². The summed E-state index contributed by atoms with van der Waals surface area (Å²) >= 11 is 0. The molecule has 0 bridgehead atoms. The van der Waals surface area contributed by atoms with E-state index in [1.54, 1.807) is 6.08 Å². The molecule has 9 heteroatoms. The lowest BCUT2D eigenvalue weighted by Gasteiger charge is -2.04. The van der Waals surface area contributed by atoms with E-state index in [1.165, 1.54) is 0 Å². The van der Waals surface area contributed by atoms with Gasteiger partial charge in [0.05, 0.1) is 27.6 Å². The van der Waals surface area contributed by atoms with E-state index in [-0.39, 0.29) is 31.1 Å². The number of carbonyl (C=O) groups excluding carboxylic acids is 1. The Morgan fingerprint density at radius 3 is 1.93 bits per heavy atom. The van der Waals surface area contributed by atoms with Crippen LogP contribution in [0.5, 0.6) is 0 Å². The second kappa shape index (κ2) is 10.5. The molecule has 158 valence electrons. The number of nitro benzene ring substituents is 2. The van der Waals surface area contributed by atoms with Crippen LogP contribution < -0.4 is 0 Å². The lowest BCUT2D eigenvalue weighted by molar-refractivity contribution is -0.394. The summed E-state index contributed by atoms with van der Waals surface area (Å²) in [7, 11) is 0. The van der Waals surface area contributed by atoms with Gasteiger partial charge in [-0.2, -0.15) is 0 Å². The van der Waals surface area contributed by atoms with E-state index >= 15 is 0 Å². The number of nitrogens with zero attached hydrogens (tertiary/aromatic N) is 2. The number of hydrogen-bond donors (Lipinski definition) is 1. The molecule has 2 saturated carbocycles. The molecule has 0 amide bonds. The molecule has 2 aliphatic rings. The highest BCUT2D eigenvalue weighted by atomic mass is 16.6. The fraction of sp³-hybridized carbons (Fsp3) is 0.450. The van der Waals surface area contributed by atoms with Gasteiger partial charge in [0.1, 0.15) is 6.10 Å². The highest BCUT2D eigenvalue weighted by molar-refractivity contribution is 5.91. The molecule has 3 rings (SSSR count). The van der Waals surface area contributed by atoms with E-state index in [4.69, 9.17) is 9.84 Å². The van der Waals surface area contributed by atoms with Crippen molar-refractivity contribution in [2.45, 2.75) is 45.3 Å². The average molecular weight is 406 g/mol. The Morgan fingerprint density at radius 1 is 1.07 bits per heavy atom. The lowest BCUT2D eigenvalue weighted by atomic mass is 10.2. The number of aliphatic hydroxyl groups is 1. The summed E-state index contributed by atoms with van der Waals surface area (Å²) in [5.41, 5.74) is -1.23. The van der Waals surface area contributed by atoms with Crippen LogP contribution in [-0.4, -0.2) is 33.1 Å². The normalized spacial score (nSPS) is 23.3. The van der Waals surface area contributed by atoms with E-state index < -0.39 is 27.2 Å². The van der Waals surface area contributed by atoms with Crippen molar-refractivity contribution >= 4 is 17.3 Å². The van der Waals surface area contributed by atoms with Crippen LogP contribution in [0.2, 0.25) is 0 Å². The van der Waals surface area contributed by atoms with Gasteiger partial charge in [-0.25, -0.2) is 4.79 Å². The zero-order valence-electron chi connectivity index (χ0n) is 15.2. The van der Waals surface area contributed by atoms with Crippen molar-refractivity contribution < 1.29 is 24.5 Å². The third-order valence-electron chi connectivity index (χ3n) is 4.50. The Balaban J connectivity index is 0.000000445. The quantitative estimate of drug-likeness (QED) is 0.296. The summed E-state index contributed by atoms with van der Waals surface area (Å²) in [6, 6.07) is 2.74. The minimum Gasteiger partial charge on any atom is -0.458 e. The first kappa shape index (κ1) is 24.0. The maximum absolute atomic E-state index is 11.9. The zero-order chi connectivity index (χ0) is 20.8. The summed E-state index contributed by atoms with van der Waals surface area (Å²) in [6.07, 6.45) is 6.72. The maximum Gasteiger partial charge on any atom is 0.338 e. The third-order valence-corrected chi connectivity index (χ3v) is 4.50. The molecule has 0 aliphatic heterocycles. The number of ether oxygens (including phenoxy) is 1. The number of benzene rings is 1. The van der Waals surface area contributed by atoms with Crippen LogP contribution in [0.4, 0.5) is 11.4 Å². The van der Waals surface area contributed by atoms with Crippen LogP contribution in [0.1, 0.15) is 43.5 Å². The second-order valence-corrected chi connectivity index (χ2v) is 6.80. The first-order chi connectivity index (χ1) is 13.3. The summed E-state index contributed by atoms with van der Waals surface area (Å²) in [5.74, 6) is -0.0315.